The minimum absolute atomic E-state index is 0.185. The van der Waals surface area contributed by atoms with Crippen molar-refractivity contribution in [2.45, 2.75) is 12.8 Å². The van der Waals surface area contributed by atoms with Crippen LogP contribution in [0.25, 0.3) is 11.5 Å². The third-order valence-corrected chi connectivity index (χ3v) is 4.47. The number of nitrogens with zero attached hydrogens (tertiary/aromatic N) is 2. The standard InChI is InChI=1S/C15H12Cl2N4O2S/c16-10-5-9(6-11(17)14(10)18)19-12(22)1-2-13-20-21-15(23-13)8-3-4-24-7-8/h3-7H,1-2,18H2,(H,19,22). The third-order valence-electron chi connectivity index (χ3n) is 3.16. The quantitative estimate of drug-likeness (QED) is 0.642. The number of anilines is 2. The molecule has 1 amide bonds. The van der Waals surface area contributed by atoms with Crippen LogP contribution in [0.2, 0.25) is 10.0 Å². The van der Waals surface area contributed by atoms with E-state index in [0.29, 0.717) is 23.9 Å². The lowest BCUT2D eigenvalue weighted by Crippen LogP contribution is -2.12. The number of amides is 1. The van der Waals surface area contributed by atoms with Crippen LogP contribution in [0.5, 0.6) is 0 Å². The van der Waals surface area contributed by atoms with Crippen molar-refractivity contribution >= 4 is 51.8 Å². The molecule has 0 radical (unpaired) electrons. The lowest BCUT2D eigenvalue weighted by molar-refractivity contribution is -0.116. The number of thiophene rings is 1. The summed E-state index contributed by atoms with van der Waals surface area (Å²) in [4.78, 5) is 12.0. The zero-order chi connectivity index (χ0) is 17.1. The van der Waals surface area contributed by atoms with Gasteiger partial charge in [0.05, 0.1) is 15.7 Å². The Bertz CT molecular complexity index is 841. The Hall–Kier alpha value is -2.09. The first-order chi connectivity index (χ1) is 11.5. The number of carbonyl (C=O) groups is 1. The molecular weight excluding hydrogens is 371 g/mol. The van der Waals surface area contributed by atoms with Gasteiger partial charge in [-0.2, -0.15) is 11.3 Å². The van der Waals surface area contributed by atoms with Crippen molar-refractivity contribution in [3.05, 3.63) is 44.9 Å². The van der Waals surface area contributed by atoms with Gasteiger partial charge in [-0.05, 0) is 23.6 Å². The van der Waals surface area contributed by atoms with Gasteiger partial charge in [0.1, 0.15) is 0 Å². The third kappa shape index (κ3) is 3.87. The van der Waals surface area contributed by atoms with Gasteiger partial charge in [-0.3, -0.25) is 4.79 Å². The first-order valence-corrected chi connectivity index (χ1v) is 8.62. The van der Waals surface area contributed by atoms with Crippen molar-refractivity contribution in [2.24, 2.45) is 0 Å². The van der Waals surface area contributed by atoms with E-state index in [1.807, 2.05) is 16.8 Å². The normalized spacial score (nSPS) is 10.8. The molecule has 0 bridgehead atoms. The number of aromatic nitrogens is 2. The topological polar surface area (TPSA) is 94.0 Å². The maximum absolute atomic E-state index is 12.0. The monoisotopic (exact) mass is 382 g/mol. The fourth-order valence-electron chi connectivity index (χ4n) is 1.96. The zero-order valence-electron chi connectivity index (χ0n) is 12.3. The predicted octanol–water partition coefficient (Wildman–Crippen LogP) is 4.26. The van der Waals surface area contributed by atoms with Crippen molar-refractivity contribution in [3.63, 3.8) is 0 Å². The number of nitrogen functional groups attached to an aromatic ring is 1. The molecule has 6 nitrogen and oxygen atoms in total. The molecular formula is C15H12Cl2N4O2S. The SMILES string of the molecule is Nc1c(Cl)cc(NC(=O)CCc2nnc(-c3ccsc3)o2)cc1Cl. The van der Waals surface area contributed by atoms with Crippen LogP contribution >= 0.6 is 34.5 Å². The number of benzene rings is 1. The van der Waals surface area contributed by atoms with Crippen LogP contribution in [-0.2, 0) is 11.2 Å². The van der Waals surface area contributed by atoms with E-state index < -0.39 is 0 Å². The number of halogens is 2. The molecule has 0 unspecified atom stereocenters. The van der Waals surface area contributed by atoms with E-state index in [0.717, 1.165) is 5.56 Å². The van der Waals surface area contributed by atoms with Crippen molar-refractivity contribution in [1.82, 2.24) is 10.2 Å². The Kier molecular flexibility index (Phi) is 5.03. The number of aryl methyl sites for hydroxylation is 1. The maximum atomic E-state index is 12.0. The number of nitrogens with one attached hydrogen (secondary N) is 1. The number of rotatable bonds is 5. The lowest BCUT2D eigenvalue weighted by Gasteiger charge is -2.07. The molecule has 1 aromatic carbocycles. The second kappa shape index (κ2) is 7.21. The van der Waals surface area contributed by atoms with Gasteiger partial charge in [0.15, 0.2) is 0 Å². The fraction of sp³-hybridized carbons (Fsp3) is 0.133. The summed E-state index contributed by atoms with van der Waals surface area (Å²) in [5, 5.41) is 15.0. The molecule has 0 saturated carbocycles. The highest BCUT2D eigenvalue weighted by Crippen LogP contribution is 2.31. The lowest BCUT2D eigenvalue weighted by atomic mass is 10.2. The molecule has 124 valence electrons. The van der Waals surface area contributed by atoms with E-state index in [-0.39, 0.29) is 28.1 Å². The Morgan fingerprint density at radius 2 is 2.04 bits per heavy atom. The highest BCUT2D eigenvalue weighted by molar-refractivity contribution is 7.08. The molecule has 3 rings (SSSR count). The summed E-state index contributed by atoms with van der Waals surface area (Å²) in [7, 11) is 0. The largest absolute Gasteiger partial charge is 0.421 e. The summed E-state index contributed by atoms with van der Waals surface area (Å²) >= 11 is 13.4. The summed E-state index contributed by atoms with van der Waals surface area (Å²) in [6.07, 6.45) is 0.518. The Morgan fingerprint density at radius 1 is 1.29 bits per heavy atom. The predicted molar refractivity (Wildman–Crippen MR) is 95.4 cm³/mol. The van der Waals surface area contributed by atoms with Gasteiger partial charge in [-0.25, -0.2) is 0 Å². The molecule has 0 aliphatic rings. The van der Waals surface area contributed by atoms with Crippen LogP contribution in [0.1, 0.15) is 12.3 Å². The number of hydrogen-bond acceptors (Lipinski definition) is 6. The summed E-state index contributed by atoms with van der Waals surface area (Å²) in [5.74, 6) is 0.630. The van der Waals surface area contributed by atoms with Crippen molar-refractivity contribution in [1.29, 1.82) is 0 Å². The molecule has 2 aromatic heterocycles. The second-order valence-corrected chi connectivity index (χ2v) is 6.51. The van der Waals surface area contributed by atoms with Gasteiger partial charge in [0, 0.05) is 29.5 Å². The average Bonchev–Trinajstić information content (AvgIpc) is 3.21. The van der Waals surface area contributed by atoms with E-state index in [9.17, 15) is 4.79 Å². The van der Waals surface area contributed by atoms with E-state index in [1.54, 1.807) is 23.5 Å². The molecule has 24 heavy (non-hydrogen) atoms. The van der Waals surface area contributed by atoms with Crippen LogP contribution < -0.4 is 11.1 Å². The van der Waals surface area contributed by atoms with Gasteiger partial charge in [0.2, 0.25) is 17.7 Å². The van der Waals surface area contributed by atoms with Crippen LogP contribution in [0.3, 0.4) is 0 Å². The van der Waals surface area contributed by atoms with Crippen LogP contribution in [0.4, 0.5) is 11.4 Å². The molecule has 2 heterocycles. The molecule has 9 heteroatoms. The van der Waals surface area contributed by atoms with E-state index >= 15 is 0 Å². The van der Waals surface area contributed by atoms with Crippen molar-refractivity contribution < 1.29 is 9.21 Å². The first kappa shape index (κ1) is 16.8. The maximum Gasteiger partial charge on any atom is 0.248 e. The van der Waals surface area contributed by atoms with Crippen LogP contribution in [-0.4, -0.2) is 16.1 Å². The summed E-state index contributed by atoms with van der Waals surface area (Å²) < 4.78 is 5.53. The zero-order valence-corrected chi connectivity index (χ0v) is 14.6. The molecule has 0 aliphatic carbocycles. The molecule has 3 N–H and O–H groups in total. The molecule has 0 saturated heterocycles. The number of hydrogen-bond donors (Lipinski definition) is 2. The van der Waals surface area contributed by atoms with Gasteiger partial charge in [-0.1, -0.05) is 23.2 Å². The molecule has 0 spiro atoms. The van der Waals surface area contributed by atoms with Gasteiger partial charge in [-0.15, -0.1) is 10.2 Å². The smallest absolute Gasteiger partial charge is 0.248 e. The molecule has 3 aromatic rings. The highest BCUT2D eigenvalue weighted by atomic mass is 35.5. The van der Waals surface area contributed by atoms with E-state index in [4.69, 9.17) is 33.4 Å². The minimum atomic E-state index is -0.220. The Balaban J connectivity index is 1.58. The number of nitrogens with two attached hydrogens (primary N) is 1. The minimum Gasteiger partial charge on any atom is -0.421 e. The summed E-state index contributed by atoms with van der Waals surface area (Å²) in [6, 6.07) is 4.98. The van der Waals surface area contributed by atoms with Gasteiger partial charge < -0.3 is 15.5 Å². The van der Waals surface area contributed by atoms with E-state index in [1.165, 1.54) is 0 Å². The van der Waals surface area contributed by atoms with Crippen LogP contribution in [0, 0.1) is 0 Å². The molecule has 0 aliphatic heterocycles. The van der Waals surface area contributed by atoms with Crippen molar-refractivity contribution in [2.75, 3.05) is 11.1 Å². The average molecular weight is 383 g/mol. The summed E-state index contributed by atoms with van der Waals surface area (Å²) in [5.41, 5.74) is 7.29. The van der Waals surface area contributed by atoms with Crippen molar-refractivity contribution in [3.8, 4) is 11.5 Å². The first-order valence-electron chi connectivity index (χ1n) is 6.92. The Morgan fingerprint density at radius 3 is 2.71 bits per heavy atom. The Labute approximate surface area is 151 Å². The van der Waals surface area contributed by atoms with Gasteiger partial charge in [0.25, 0.3) is 0 Å². The highest BCUT2D eigenvalue weighted by Gasteiger charge is 2.12. The molecule has 0 fully saturated rings. The second-order valence-electron chi connectivity index (χ2n) is 4.91. The molecule has 0 atom stereocenters. The number of carbonyl (C=O) groups excluding carboxylic acids is 1. The van der Waals surface area contributed by atoms with Crippen LogP contribution in [0.15, 0.2) is 33.4 Å². The van der Waals surface area contributed by atoms with E-state index in [2.05, 4.69) is 15.5 Å². The fourth-order valence-corrected chi connectivity index (χ4v) is 3.07. The van der Waals surface area contributed by atoms with Gasteiger partial charge >= 0.3 is 0 Å². The summed E-state index contributed by atoms with van der Waals surface area (Å²) in [6.45, 7) is 0.